The van der Waals surface area contributed by atoms with Gasteiger partial charge in [-0.2, -0.15) is 0 Å². The molecule has 0 spiro atoms. The first-order chi connectivity index (χ1) is 16.3. The van der Waals surface area contributed by atoms with E-state index >= 15 is 0 Å². The van der Waals surface area contributed by atoms with Crippen molar-refractivity contribution in [3.63, 3.8) is 0 Å². The fourth-order valence-electron chi connectivity index (χ4n) is 4.90. The molecule has 1 saturated carbocycles. The van der Waals surface area contributed by atoms with Crippen LogP contribution in [-0.2, 0) is 22.3 Å². The van der Waals surface area contributed by atoms with Gasteiger partial charge < -0.3 is 24.8 Å². The van der Waals surface area contributed by atoms with Crippen LogP contribution in [0.5, 0.6) is 0 Å². The summed E-state index contributed by atoms with van der Waals surface area (Å²) in [6, 6.07) is 9.80. The number of halogens is 3. The molecule has 2 aromatic rings. The van der Waals surface area contributed by atoms with E-state index in [9.17, 15) is 10.2 Å². The lowest BCUT2D eigenvalue weighted by Gasteiger charge is -2.23. The summed E-state index contributed by atoms with van der Waals surface area (Å²) in [6.45, 7) is -0.258. The molecular weight excluding hydrogens is 519 g/mol. The summed E-state index contributed by atoms with van der Waals surface area (Å²) in [5.41, 5.74) is 1.09. The van der Waals surface area contributed by atoms with Crippen molar-refractivity contribution in [2.75, 3.05) is 13.2 Å². The molecule has 3 N–H and O–H groups in total. The number of alkyl halides is 1. The summed E-state index contributed by atoms with van der Waals surface area (Å²) in [6.07, 6.45) is 3.57. The first-order valence-corrected chi connectivity index (χ1v) is 13.8. The minimum absolute atomic E-state index is 0.00566. The van der Waals surface area contributed by atoms with E-state index < -0.39 is 6.10 Å². The van der Waals surface area contributed by atoms with Crippen LogP contribution in [-0.4, -0.2) is 52.4 Å². The van der Waals surface area contributed by atoms with Gasteiger partial charge in [0.05, 0.1) is 19.3 Å². The molecule has 2 aliphatic rings. The van der Waals surface area contributed by atoms with Crippen molar-refractivity contribution < 1.29 is 24.8 Å². The molecule has 1 aliphatic heterocycles. The van der Waals surface area contributed by atoms with E-state index in [-0.39, 0.29) is 48.9 Å². The molecule has 1 aromatic heterocycles. The van der Waals surface area contributed by atoms with Gasteiger partial charge in [0.2, 0.25) is 0 Å². The third-order valence-corrected chi connectivity index (χ3v) is 8.85. The minimum atomic E-state index is -0.879. The van der Waals surface area contributed by atoms with E-state index in [1.54, 1.807) is 17.4 Å². The van der Waals surface area contributed by atoms with Crippen molar-refractivity contribution in [1.29, 1.82) is 0 Å². The van der Waals surface area contributed by atoms with Gasteiger partial charge >= 0.3 is 0 Å². The molecule has 1 aromatic carbocycles. The number of rotatable bonds is 12. The molecule has 9 heteroatoms. The van der Waals surface area contributed by atoms with Gasteiger partial charge in [0.15, 0.2) is 6.29 Å². The number of hydrogen-bond acceptors (Lipinski definition) is 6. The summed E-state index contributed by atoms with van der Waals surface area (Å²) in [5.74, 6) is 0.458. The Morgan fingerprint density at radius 1 is 1.09 bits per heavy atom. The Hall–Kier alpha value is -0.410. The number of epoxide rings is 1. The maximum Gasteiger partial charge on any atom is 0.190 e. The standard InChI is InChI=1S/C25H31Cl3O5S/c26-15-8-14(9-16(27)10-15)4-6-20-19(21(28)11-22(20)31)3-1-2-18-5-7-23(34-18)24-25(33-24)32-13-17(30)12-29/h5,7-10,17,19-22,24-25,29-31H,1-4,6,11-13H2. The molecule has 0 amide bonds. The lowest BCUT2D eigenvalue weighted by atomic mass is 9.85. The fourth-order valence-corrected chi connectivity index (χ4v) is 7.07. The summed E-state index contributed by atoms with van der Waals surface area (Å²) in [7, 11) is 0. The van der Waals surface area contributed by atoms with Gasteiger partial charge in [0.25, 0.3) is 0 Å². The van der Waals surface area contributed by atoms with Crippen LogP contribution in [0.2, 0.25) is 10.0 Å². The highest BCUT2D eigenvalue weighted by molar-refractivity contribution is 7.12. The van der Waals surface area contributed by atoms with E-state index in [1.807, 2.05) is 12.1 Å². The van der Waals surface area contributed by atoms with Crippen molar-refractivity contribution in [2.24, 2.45) is 11.8 Å². The number of thiophene rings is 1. The zero-order chi connectivity index (χ0) is 24.2. The SMILES string of the molecule is OCC(O)COC1OC1c1ccc(CCCC2C(Cl)CC(O)C2CCc2cc(Cl)cc(Cl)c2)s1. The van der Waals surface area contributed by atoms with E-state index in [0.29, 0.717) is 16.5 Å². The van der Waals surface area contributed by atoms with Crippen molar-refractivity contribution in [3.05, 3.63) is 55.7 Å². The quantitative estimate of drug-likeness (QED) is 0.245. The number of hydrogen-bond donors (Lipinski definition) is 3. The first kappa shape index (κ1) is 26.6. The second-order valence-corrected chi connectivity index (χ2v) is 11.9. The van der Waals surface area contributed by atoms with Crippen LogP contribution in [0, 0.1) is 11.8 Å². The number of ether oxygens (including phenoxy) is 2. The summed E-state index contributed by atoms with van der Waals surface area (Å²) in [4.78, 5) is 2.40. The Kier molecular flexibility index (Phi) is 9.58. The van der Waals surface area contributed by atoms with Crippen molar-refractivity contribution in [2.45, 2.75) is 68.5 Å². The lowest BCUT2D eigenvalue weighted by molar-refractivity contribution is -0.0275. The number of aryl methyl sites for hydroxylation is 2. The van der Waals surface area contributed by atoms with Gasteiger partial charge in [0.1, 0.15) is 12.2 Å². The van der Waals surface area contributed by atoms with Crippen molar-refractivity contribution >= 4 is 46.1 Å². The zero-order valence-electron chi connectivity index (χ0n) is 18.8. The number of aliphatic hydroxyl groups is 3. The third kappa shape index (κ3) is 7.09. The number of aliphatic hydroxyl groups excluding tert-OH is 3. The van der Waals surface area contributed by atoms with Gasteiger partial charge in [-0.25, -0.2) is 0 Å². The van der Waals surface area contributed by atoms with Crippen LogP contribution in [0.25, 0.3) is 0 Å². The minimum Gasteiger partial charge on any atom is -0.394 e. The van der Waals surface area contributed by atoms with Crippen LogP contribution in [0.4, 0.5) is 0 Å². The summed E-state index contributed by atoms with van der Waals surface area (Å²) in [5, 5.41) is 30.1. The second kappa shape index (κ2) is 12.2. The lowest BCUT2D eigenvalue weighted by Crippen LogP contribution is -2.21. The molecular formula is C25H31Cl3O5S. The molecule has 7 atom stereocenters. The van der Waals surface area contributed by atoms with Crippen LogP contribution in [0.3, 0.4) is 0 Å². The Morgan fingerprint density at radius 3 is 2.59 bits per heavy atom. The summed E-state index contributed by atoms with van der Waals surface area (Å²) < 4.78 is 11.0. The van der Waals surface area contributed by atoms with Gasteiger partial charge in [-0.15, -0.1) is 22.9 Å². The van der Waals surface area contributed by atoms with Gasteiger partial charge in [-0.05, 0) is 86.3 Å². The van der Waals surface area contributed by atoms with Gasteiger partial charge in [-0.1, -0.05) is 23.2 Å². The fraction of sp³-hybridized carbons (Fsp3) is 0.600. The molecule has 4 rings (SSSR count). The highest BCUT2D eigenvalue weighted by Crippen LogP contribution is 2.44. The molecule has 34 heavy (non-hydrogen) atoms. The van der Waals surface area contributed by atoms with Crippen molar-refractivity contribution in [1.82, 2.24) is 0 Å². The third-order valence-electron chi connectivity index (χ3n) is 6.70. The Bertz CT molecular complexity index is 921. The molecule has 0 bridgehead atoms. The zero-order valence-corrected chi connectivity index (χ0v) is 21.9. The molecule has 1 aliphatic carbocycles. The van der Waals surface area contributed by atoms with Gasteiger partial charge in [-0.3, -0.25) is 0 Å². The van der Waals surface area contributed by atoms with Gasteiger partial charge in [0, 0.05) is 25.2 Å². The smallest absolute Gasteiger partial charge is 0.190 e. The van der Waals surface area contributed by atoms with Crippen LogP contribution in [0.15, 0.2) is 30.3 Å². The Morgan fingerprint density at radius 2 is 1.85 bits per heavy atom. The average molecular weight is 550 g/mol. The van der Waals surface area contributed by atoms with Crippen LogP contribution >= 0.6 is 46.1 Å². The van der Waals surface area contributed by atoms with E-state index in [2.05, 4.69) is 12.1 Å². The molecule has 2 fully saturated rings. The topological polar surface area (TPSA) is 82.5 Å². The normalized spacial score (nSPS) is 29.5. The molecule has 188 valence electrons. The van der Waals surface area contributed by atoms with E-state index in [4.69, 9.17) is 49.4 Å². The molecule has 7 unspecified atom stereocenters. The van der Waals surface area contributed by atoms with Crippen LogP contribution < -0.4 is 0 Å². The van der Waals surface area contributed by atoms with Crippen LogP contribution in [0.1, 0.15) is 47.1 Å². The first-order valence-electron chi connectivity index (χ1n) is 11.8. The Balaban J connectivity index is 1.24. The monoisotopic (exact) mass is 548 g/mol. The van der Waals surface area contributed by atoms with Crippen molar-refractivity contribution in [3.8, 4) is 0 Å². The predicted molar refractivity (Wildman–Crippen MR) is 136 cm³/mol. The highest BCUT2D eigenvalue weighted by atomic mass is 35.5. The van der Waals surface area contributed by atoms with E-state index in [0.717, 1.165) is 42.5 Å². The molecule has 2 heterocycles. The second-order valence-electron chi connectivity index (χ2n) is 9.25. The molecule has 1 saturated heterocycles. The Labute approximate surface area is 219 Å². The molecule has 5 nitrogen and oxygen atoms in total. The highest BCUT2D eigenvalue weighted by Gasteiger charge is 2.43. The molecule has 0 radical (unpaired) electrons. The maximum absolute atomic E-state index is 10.6. The maximum atomic E-state index is 10.6. The van der Waals surface area contributed by atoms with E-state index in [1.165, 1.54) is 4.88 Å². The largest absolute Gasteiger partial charge is 0.394 e. The average Bonchev–Trinajstić information content (AvgIpc) is 3.32. The summed E-state index contributed by atoms with van der Waals surface area (Å²) >= 11 is 20.6. The predicted octanol–water partition coefficient (Wildman–Crippen LogP) is 5.38. The number of benzene rings is 1.